The Hall–Kier alpha value is -5.29. The molecular weight excluding hydrogens is 867 g/mol. The summed E-state index contributed by atoms with van der Waals surface area (Å²) in [6.45, 7) is 0. The molecular formula is C46H62N9O6P3. The summed E-state index contributed by atoms with van der Waals surface area (Å²) < 4.78 is 59.3. The van der Waals surface area contributed by atoms with Gasteiger partial charge in [-0.05, 0) is 148 Å². The SMILES string of the molecule is CN(C)c1ccc(OP2(Oc3ccc(N(C)C)cc3)=NP(Oc3ccc(N(C)C)cc3)(Oc3ccc(N(C)C)cc3)=NP(Oc3ccc(N(C)C)cc3)(O[C@H]3CCC3N(C)C)=N2)cc1. The van der Waals surface area contributed by atoms with Crippen LogP contribution in [0.3, 0.4) is 0 Å². The number of rotatable bonds is 18. The minimum Gasteiger partial charge on any atom is -0.422 e. The van der Waals surface area contributed by atoms with Gasteiger partial charge in [-0.25, -0.2) is 0 Å². The van der Waals surface area contributed by atoms with Crippen molar-refractivity contribution in [2.75, 3.05) is 109 Å². The lowest BCUT2D eigenvalue weighted by atomic mass is 9.88. The van der Waals surface area contributed by atoms with Gasteiger partial charge in [0.1, 0.15) is 28.7 Å². The molecule has 1 heterocycles. The van der Waals surface area contributed by atoms with E-state index < -0.39 is 23.0 Å². The Bertz CT molecular complexity index is 2290. The molecule has 342 valence electrons. The maximum absolute atomic E-state index is 7.29. The van der Waals surface area contributed by atoms with E-state index in [0.717, 1.165) is 41.3 Å². The highest BCUT2D eigenvalue weighted by Crippen LogP contribution is 2.79. The highest BCUT2D eigenvalue weighted by Gasteiger charge is 2.50. The molecule has 0 amide bonds. The summed E-state index contributed by atoms with van der Waals surface area (Å²) in [5.41, 5.74) is 4.93. The summed E-state index contributed by atoms with van der Waals surface area (Å²) in [7, 11) is 12.0. The third-order valence-electron chi connectivity index (χ3n) is 10.7. The van der Waals surface area contributed by atoms with Gasteiger partial charge >= 0.3 is 23.0 Å². The molecule has 1 saturated carbocycles. The highest BCUT2D eigenvalue weighted by atomic mass is 31.3. The van der Waals surface area contributed by atoms with Crippen LogP contribution in [0.5, 0.6) is 28.7 Å². The molecule has 7 rings (SSSR count). The van der Waals surface area contributed by atoms with Crippen LogP contribution in [-0.2, 0) is 4.52 Å². The first kappa shape index (κ1) is 46.7. The van der Waals surface area contributed by atoms with Crippen LogP contribution in [0.4, 0.5) is 28.4 Å². The fourth-order valence-corrected chi connectivity index (χ4v) is 16.1. The van der Waals surface area contributed by atoms with Gasteiger partial charge in [0, 0.05) is 105 Å². The Morgan fingerprint density at radius 1 is 0.344 bits per heavy atom. The molecule has 64 heavy (non-hydrogen) atoms. The van der Waals surface area contributed by atoms with Crippen LogP contribution < -0.4 is 47.1 Å². The van der Waals surface area contributed by atoms with Crippen molar-refractivity contribution in [3.05, 3.63) is 121 Å². The molecule has 0 bridgehead atoms. The van der Waals surface area contributed by atoms with Crippen molar-refractivity contribution >= 4 is 51.4 Å². The number of hydrogen-bond donors (Lipinski definition) is 0. The van der Waals surface area contributed by atoms with Gasteiger partial charge in [0.25, 0.3) is 0 Å². The van der Waals surface area contributed by atoms with Gasteiger partial charge in [0.15, 0.2) is 0 Å². The van der Waals surface area contributed by atoms with E-state index in [-0.39, 0.29) is 12.1 Å². The second-order valence-electron chi connectivity index (χ2n) is 16.9. The van der Waals surface area contributed by atoms with Gasteiger partial charge in [-0.3, -0.25) is 4.52 Å². The molecule has 3 atom stereocenters. The van der Waals surface area contributed by atoms with Crippen molar-refractivity contribution in [2.45, 2.75) is 25.0 Å². The molecule has 2 aliphatic rings. The summed E-state index contributed by atoms with van der Waals surface area (Å²) in [6, 6.07) is 38.6. The van der Waals surface area contributed by atoms with Crippen LogP contribution in [0.1, 0.15) is 12.8 Å². The molecule has 1 aliphatic carbocycles. The van der Waals surface area contributed by atoms with E-state index >= 15 is 0 Å². The third kappa shape index (κ3) is 11.1. The van der Waals surface area contributed by atoms with Crippen molar-refractivity contribution in [1.82, 2.24) is 4.90 Å². The monoisotopic (exact) mass is 929 g/mol. The van der Waals surface area contributed by atoms with E-state index in [0.29, 0.717) is 28.7 Å². The van der Waals surface area contributed by atoms with E-state index in [2.05, 4.69) is 4.90 Å². The molecule has 0 saturated heterocycles. The molecule has 2 unspecified atom stereocenters. The molecule has 15 nitrogen and oxygen atoms in total. The summed E-state index contributed by atoms with van der Waals surface area (Å²) in [4.78, 5) is 12.3. The lowest BCUT2D eigenvalue weighted by Crippen LogP contribution is -2.48. The maximum Gasteiger partial charge on any atom is 0.460 e. The summed E-state index contributed by atoms with van der Waals surface area (Å²) in [6.07, 6.45) is 1.37. The van der Waals surface area contributed by atoms with Crippen molar-refractivity contribution < 1.29 is 27.1 Å². The predicted molar refractivity (Wildman–Crippen MR) is 267 cm³/mol. The minimum atomic E-state index is -4.04. The van der Waals surface area contributed by atoms with E-state index in [1.54, 1.807) is 0 Å². The average molecular weight is 930 g/mol. The molecule has 0 radical (unpaired) electrons. The topological polar surface area (TPSA) is 112 Å². The van der Waals surface area contributed by atoms with Crippen LogP contribution in [0.2, 0.25) is 0 Å². The Balaban J connectivity index is 1.55. The van der Waals surface area contributed by atoms with Crippen LogP contribution >= 0.6 is 23.0 Å². The normalized spacial score (nSPS) is 19.4. The fourth-order valence-electron chi connectivity index (χ4n) is 6.82. The molecule has 0 aromatic heterocycles. The van der Waals surface area contributed by atoms with Crippen LogP contribution in [0, 0.1) is 0 Å². The van der Waals surface area contributed by atoms with Gasteiger partial charge in [-0.1, -0.05) is 4.52 Å². The summed E-state index contributed by atoms with van der Waals surface area (Å²) >= 11 is 0. The van der Waals surface area contributed by atoms with Crippen molar-refractivity contribution in [3.63, 3.8) is 0 Å². The number of hydrogen-bond acceptors (Lipinski definition) is 15. The molecule has 1 aliphatic heterocycles. The molecule has 18 heteroatoms. The highest BCUT2D eigenvalue weighted by molar-refractivity contribution is 7.79. The van der Waals surface area contributed by atoms with Crippen LogP contribution in [0.15, 0.2) is 135 Å². The van der Waals surface area contributed by atoms with Gasteiger partial charge in [-0.2, -0.15) is 0 Å². The first-order valence-corrected chi connectivity index (χ1v) is 25.6. The van der Waals surface area contributed by atoms with E-state index in [1.807, 2.05) is 230 Å². The number of likely N-dealkylation sites (N-methyl/N-ethyl adjacent to an activating group) is 1. The smallest absolute Gasteiger partial charge is 0.422 e. The summed E-state index contributed by atoms with van der Waals surface area (Å²) in [5.74, 6) is 2.34. The Labute approximate surface area is 379 Å². The molecule has 0 N–H and O–H groups in total. The number of nitrogens with zero attached hydrogens (tertiary/aromatic N) is 9. The lowest BCUT2D eigenvalue weighted by Gasteiger charge is -2.43. The Kier molecular flexibility index (Phi) is 14.2. The van der Waals surface area contributed by atoms with Crippen molar-refractivity contribution in [3.8, 4) is 28.7 Å². The van der Waals surface area contributed by atoms with Gasteiger partial charge < -0.3 is 52.0 Å². The fraction of sp³-hybridized carbons (Fsp3) is 0.348. The van der Waals surface area contributed by atoms with Crippen LogP contribution in [0.25, 0.3) is 0 Å². The van der Waals surface area contributed by atoms with E-state index in [1.165, 1.54) is 0 Å². The summed E-state index contributed by atoms with van der Waals surface area (Å²) in [5, 5.41) is 0. The third-order valence-corrected chi connectivity index (χ3v) is 18.9. The van der Waals surface area contributed by atoms with Gasteiger partial charge in [-0.15, -0.1) is 9.03 Å². The first-order chi connectivity index (χ1) is 30.4. The van der Waals surface area contributed by atoms with Crippen molar-refractivity contribution in [2.24, 2.45) is 13.5 Å². The zero-order chi connectivity index (χ0) is 45.8. The lowest BCUT2D eigenvalue weighted by molar-refractivity contribution is 0.0196. The molecule has 5 aromatic carbocycles. The number of benzene rings is 5. The zero-order valence-electron chi connectivity index (χ0n) is 38.9. The second kappa shape index (κ2) is 19.4. The van der Waals surface area contributed by atoms with Gasteiger partial charge in [0.05, 0.1) is 6.10 Å². The zero-order valence-corrected chi connectivity index (χ0v) is 41.6. The average Bonchev–Trinajstić information content (AvgIpc) is 3.23. The molecule has 1 fully saturated rings. The standard InChI is InChI=1S/C46H62N9O6P3/c1-50(2)35-13-23-40(24-14-35)56-62(57-41-25-15-36(16-26-41)51(3)4)47-63(58-42-27-17-37(18-28-42)52(5)6,59-43-29-19-38(20-30-43)53(7)8)49-64(48-62,61-46-34-33-45(46)55(11)12)60-44-31-21-39(22-32-44)54(9)10/h13-32,45-46H,33-34H2,1-12H3/t45?,46-/m0/s1. The van der Waals surface area contributed by atoms with Crippen molar-refractivity contribution in [1.29, 1.82) is 0 Å². The largest absolute Gasteiger partial charge is 0.460 e. The first-order valence-electron chi connectivity index (χ1n) is 21.1. The van der Waals surface area contributed by atoms with E-state index in [4.69, 9.17) is 40.7 Å². The minimum absolute atomic E-state index is 0.0688. The quantitative estimate of drug-likeness (QED) is 0.0780. The predicted octanol–water partition coefficient (Wildman–Crippen LogP) is 11.7. The molecule has 5 aromatic rings. The Morgan fingerprint density at radius 2 is 0.578 bits per heavy atom. The van der Waals surface area contributed by atoms with E-state index in [9.17, 15) is 0 Å². The second-order valence-corrected chi connectivity index (χ2v) is 23.1. The number of anilines is 5. The van der Waals surface area contributed by atoms with Gasteiger partial charge in [0.2, 0.25) is 0 Å². The molecule has 0 spiro atoms. The Morgan fingerprint density at radius 3 is 0.797 bits per heavy atom. The van der Waals surface area contributed by atoms with Crippen LogP contribution in [-0.4, -0.2) is 102 Å². The maximum atomic E-state index is 7.29.